The number of esters is 1. The van der Waals surface area contributed by atoms with E-state index in [1.165, 1.54) is 13.2 Å². The number of methoxy groups -OCH3 is 1. The van der Waals surface area contributed by atoms with Gasteiger partial charge in [-0.15, -0.1) is 0 Å². The minimum Gasteiger partial charge on any atom is -0.465 e. The van der Waals surface area contributed by atoms with E-state index in [9.17, 15) is 18.0 Å². The fourth-order valence-corrected chi connectivity index (χ4v) is 3.83. The highest BCUT2D eigenvalue weighted by Crippen LogP contribution is 2.35. The Kier molecular flexibility index (Phi) is 2.91. The van der Waals surface area contributed by atoms with Gasteiger partial charge < -0.3 is 4.74 Å². The number of ketones is 1. The van der Waals surface area contributed by atoms with E-state index in [-0.39, 0.29) is 28.6 Å². The van der Waals surface area contributed by atoms with Crippen molar-refractivity contribution < 1.29 is 22.7 Å². The van der Waals surface area contributed by atoms with E-state index < -0.39 is 21.6 Å². The Morgan fingerprint density at radius 2 is 2.18 bits per heavy atom. The van der Waals surface area contributed by atoms with Crippen molar-refractivity contribution in [2.24, 2.45) is 5.92 Å². The summed E-state index contributed by atoms with van der Waals surface area (Å²) in [5.74, 6) is -1.58. The number of hydrogen-bond donors (Lipinski definition) is 0. The predicted octanol–water partition coefficient (Wildman–Crippen LogP) is 0.377. The lowest BCUT2D eigenvalue weighted by Crippen LogP contribution is -2.31. The summed E-state index contributed by atoms with van der Waals surface area (Å²) in [6.45, 7) is 0. The van der Waals surface area contributed by atoms with Crippen molar-refractivity contribution in [2.75, 3.05) is 12.9 Å². The Hall–Kier alpha value is -1.43. The number of Topliss-reactive ketones (excluding diaryl/α,β-unsaturated/α-hetero) is 1. The normalized spacial score (nSPS) is 26.6. The third-order valence-electron chi connectivity index (χ3n) is 2.93. The molecule has 2 aliphatic rings. The Bertz CT molecular complexity index is 538. The van der Waals surface area contributed by atoms with Gasteiger partial charge in [-0.25, -0.2) is 13.2 Å². The van der Waals surface area contributed by atoms with Crippen molar-refractivity contribution in [1.29, 1.82) is 0 Å². The molecule has 0 aromatic rings. The van der Waals surface area contributed by atoms with Gasteiger partial charge in [-0.05, 0) is 12.5 Å². The maximum absolute atomic E-state index is 11.8. The fraction of sp³-hybridized carbons (Fsp3) is 0.455. The number of sulfone groups is 1. The molecule has 1 unspecified atom stereocenters. The quantitative estimate of drug-likeness (QED) is 0.634. The number of carbonyl (C=O) groups is 2. The lowest BCUT2D eigenvalue weighted by atomic mass is 9.92. The molecule has 17 heavy (non-hydrogen) atoms. The van der Waals surface area contributed by atoms with Gasteiger partial charge in [0.15, 0.2) is 9.84 Å². The third-order valence-corrected chi connectivity index (χ3v) is 4.80. The lowest BCUT2D eigenvalue weighted by Gasteiger charge is -2.26. The van der Waals surface area contributed by atoms with Crippen LogP contribution in [0, 0.1) is 5.92 Å². The van der Waals surface area contributed by atoms with Crippen LogP contribution in [0.15, 0.2) is 22.6 Å². The molecule has 1 saturated heterocycles. The predicted molar refractivity (Wildman–Crippen MR) is 59.7 cm³/mol. The first-order valence-electron chi connectivity index (χ1n) is 5.18. The van der Waals surface area contributed by atoms with Gasteiger partial charge in [-0.2, -0.15) is 0 Å². The van der Waals surface area contributed by atoms with Crippen LogP contribution in [-0.4, -0.2) is 33.0 Å². The highest BCUT2D eigenvalue weighted by Gasteiger charge is 2.37. The van der Waals surface area contributed by atoms with Crippen molar-refractivity contribution in [3.05, 3.63) is 22.6 Å². The first-order valence-corrected chi connectivity index (χ1v) is 6.84. The molecule has 6 heteroatoms. The molecule has 1 heterocycles. The molecule has 5 nitrogen and oxygen atoms in total. The van der Waals surface area contributed by atoms with Crippen LogP contribution in [0.2, 0.25) is 0 Å². The van der Waals surface area contributed by atoms with E-state index in [4.69, 9.17) is 0 Å². The average molecular weight is 256 g/mol. The van der Waals surface area contributed by atoms with Crippen LogP contribution in [-0.2, 0) is 24.2 Å². The molecule has 0 bridgehead atoms. The summed E-state index contributed by atoms with van der Waals surface area (Å²) in [6.07, 6.45) is 3.58. The van der Waals surface area contributed by atoms with Crippen LogP contribution in [0.5, 0.6) is 0 Å². The second-order valence-corrected chi connectivity index (χ2v) is 6.12. The molecule has 0 amide bonds. The van der Waals surface area contributed by atoms with Gasteiger partial charge in [0, 0.05) is 17.2 Å². The van der Waals surface area contributed by atoms with Gasteiger partial charge in [0.2, 0.25) is 0 Å². The van der Waals surface area contributed by atoms with Crippen molar-refractivity contribution in [1.82, 2.24) is 0 Å². The highest BCUT2D eigenvalue weighted by atomic mass is 32.2. The summed E-state index contributed by atoms with van der Waals surface area (Å²) >= 11 is 0. The Labute approximate surface area is 99.1 Å². The largest absolute Gasteiger partial charge is 0.465 e. The molecule has 0 saturated carbocycles. The molecular formula is C11H12O5S. The van der Waals surface area contributed by atoms with Crippen molar-refractivity contribution >= 4 is 21.6 Å². The van der Waals surface area contributed by atoms with Gasteiger partial charge in [0.25, 0.3) is 0 Å². The van der Waals surface area contributed by atoms with Crippen molar-refractivity contribution in [2.45, 2.75) is 12.8 Å². The number of hydrogen-bond acceptors (Lipinski definition) is 5. The number of rotatable bonds is 1. The summed E-state index contributed by atoms with van der Waals surface area (Å²) in [6, 6.07) is 0. The summed E-state index contributed by atoms with van der Waals surface area (Å²) in [7, 11) is -2.30. The topological polar surface area (TPSA) is 77.5 Å². The minimum atomic E-state index is -3.54. The van der Waals surface area contributed by atoms with Crippen LogP contribution in [0.1, 0.15) is 12.8 Å². The summed E-state index contributed by atoms with van der Waals surface area (Å²) in [5, 5.41) is 0. The molecule has 0 radical (unpaired) electrons. The summed E-state index contributed by atoms with van der Waals surface area (Å²) in [4.78, 5) is 22.8. The number of allylic oxidation sites excluding steroid dienone is 2. The van der Waals surface area contributed by atoms with Crippen LogP contribution in [0.3, 0.4) is 0 Å². The zero-order chi connectivity index (χ0) is 12.6. The zero-order valence-electron chi connectivity index (χ0n) is 9.30. The van der Waals surface area contributed by atoms with E-state index in [2.05, 4.69) is 4.74 Å². The van der Waals surface area contributed by atoms with Crippen LogP contribution in [0.25, 0.3) is 0 Å². The summed E-state index contributed by atoms with van der Waals surface area (Å²) < 4.78 is 28.2. The Morgan fingerprint density at radius 1 is 1.47 bits per heavy atom. The molecule has 1 fully saturated rings. The summed E-state index contributed by atoms with van der Waals surface area (Å²) in [5.41, 5.74) is 0.247. The number of ether oxygens (including phenoxy) is 1. The monoisotopic (exact) mass is 256 g/mol. The van der Waals surface area contributed by atoms with E-state index in [1.54, 1.807) is 6.08 Å². The van der Waals surface area contributed by atoms with E-state index >= 15 is 0 Å². The molecule has 0 aromatic carbocycles. The van der Waals surface area contributed by atoms with Gasteiger partial charge in [-0.3, -0.25) is 4.79 Å². The van der Waals surface area contributed by atoms with E-state index in [1.807, 2.05) is 0 Å². The van der Waals surface area contributed by atoms with Crippen LogP contribution in [0.4, 0.5) is 0 Å². The SMILES string of the molecule is COC(=O)C1=CCC2CC(=O)CS(=O)(=O)C2=C1. The van der Waals surface area contributed by atoms with E-state index in [0.29, 0.717) is 6.42 Å². The van der Waals surface area contributed by atoms with Gasteiger partial charge in [0.05, 0.1) is 12.7 Å². The molecule has 1 aliphatic heterocycles. The number of carbonyl (C=O) groups excluding carboxylic acids is 2. The van der Waals surface area contributed by atoms with Crippen LogP contribution < -0.4 is 0 Å². The highest BCUT2D eigenvalue weighted by molar-refractivity contribution is 7.96. The lowest BCUT2D eigenvalue weighted by molar-refractivity contribution is -0.135. The molecule has 0 aromatic heterocycles. The molecule has 1 atom stereocenters. The molecule has 92 valence electrons. The molecule has 0 N–H and O–H groups in total. The van der Waals surface area contributed by atoms with Gasteiger partial charge in [-0.1, -0.05) is 6.08 Å². The third kappa shape index (κ3) is 2.17. The minimum absolute atomic E-state index is 0.194. The van der Waals surface area contributed by atoms with Crippen LogP contribution >= 0.6 is 0 Å². The second-order valence-electron chi connectivity index (χ2n) is 4.13. The Balaban J connectivity index is 2.40. The standard InChI is InChI=1S/C11H12O5S/c1-16-11(13)8-3-2-7-4-9(12)6-17(14,15)10(7)5-8/h3,5,7H,2,4,6H2,1H3. The second kappa shape index (κ2) is 4.10. The molecule has 1 aliphatic carbocycles. The van der Waals surface area contributed by atoms with Gasteiger partial charge in [0.1, 0.15) is 11.5 Å². The molecule has 0 spiro atoms. The first kappa shape index (κ1) is 12.0. The Morgan fingerprint density at radius 3 is 2.82 bits per heavy atom. The zero-order valence-corrected chi connectivity index (χ0v) is 10.1. The smallest absolute Gasteiger partial charge is 0.337 e. The van der Waals surface area contributed by atoms with Crippen molar-refractivity contribution in [3.63, 3.8) is 0 Å². The maximum Gasteiger partial charge on any atom is 0.337 e. The molecular weight excluding hydrogens is 244 g/mol. The van der Waals surface area contributed by atoms with Gasteiger partial charge >= 0.3 is 5.97 Å². The average Bonchev–Trinajstić information content (AvgIpc) is 2.26. The fourth-order valence-electron chi connectivity index (χ4n) is 2.13. The van der Waals surface area contributed by atoms with E-state index in [0.717, 1.165) is 0 Å². The number of fused-ring (bicyclic) bond motifs is 1. The first-order chi connectivity index (χ1) is 7.94. The molecule has 2 rings (SSSR count). The maximum atomic E-state index is 11.8. The van der Waals surface area contributed by atoms with Crippen molar-refractivity contribution in [3.8, 4) is 0 Å².